The molecule has 2 unspecified atom stereocenters. The molecule has 82 valence electrons. The molecular weight excluding hydrogens is 198 g/mol. The van der Waals surface area contributed by atoms with Gasteiger partial charge < -0.3 is 14.9 Å². The Morgan fingerprint density at radius 2 is 2.13 bits per heavy atom. The van der Waals surface area contributed by atoms with Gasteiger partial charge in [0.05, 0.1) is 12.8 Å². The molecule has 1 aromatic heterocycles. The number of carbonyl (C=O) groups is 1. The van der Waals surface area contributed by atoms with E-state index in [1.807, 2.05) is 0 Å². The second-order valence-corrected chi connectivity index (χ2v) is 3.12. The first-order valence-corrected chi connectivity index (χ1v) is 4.43. The molecule has 1 aromatic rings. The normalized spacial score (nSPS) is 14.4. The van der Waals surface area contributed by atoms with Crippen molar-refractivity contribution in [3.05, 3.63) is 29.6 Å². The zero-order valence-electron chi connectivity index (χ0n) is 8.54. The molecular formula is C10H13NO4. The van der Waals surface area contributed by atoms with Gasteiger partial charge in [0.25, 0.3) is 0 Å². The van der Waals surface area contributed by atoms with E-state index in [0.717, 1.165) is 7.11 Å². The van der Waals surface area contributed by atoms with E-state index in [2.05, 4.69) is 9.72 Å². The van der Waals surface area contributed by atoms with Crippen LogP contribution in [0.25, 0.3) is 0 Å². The van der Waals surface area contributed by atoms with E-state index in [0.29, 0.717) is 5.69 Å². The molecule has 5 heteroatoms. The predicted molar refractivity (Wildman–Crippen MR) is 52.0 cm³/mol. The fourth-order valence-electron chi connectivity index (χ4n) is 1.14. The fraction of sp³-hybridized carbons (Fsp3) is 0.400. The Labute approximate surface area is 87.3 Å². The minimum atomic E-state index is -1.61. The zero-order chi connectivity index (χ0) is 11.4. The average molecular weight is 211 g/mol. The van der Waals surface area contributed by atoms with Gasteiger partial charge in [-0.2, -0.15) is 0 Å². The standard InChI is InChI=1S/C10H13NO4/c1-6-4-3-5-7(11-6)8(12)9(13)10(14)15-2/h3-5,8-9,12-13H,1-2H3. The van der Waals surface area contributed by atoms with Gasteiger partial charge in [0.1, 0.15) is 6.10 Å². The van der Waals surface area contributed by atoms with Gasteiger partial charge in [-0.15, -0.1) is 0 Å². The second kappa shape index (κ2) is 4.86. The number of rotatable bonds is 3. The number of aliphatic hydroxyl groups is 2. The maximum Gasteiger partial charge on any atom is 0.337 e. The number of pyridine rings is 1. The quantitative estimate of drug-likeness (QED) is 0.685. The molecule has 0 saturated heterocycles. The Balaban J connectivity index is 2.84. The number of hydrogen-bond donors (Lipinski definition) is 2. The highest BCUT2D eigenvalue weighted by molar-refractivity contribution is 5.75. The molecule has 2 atom stereocenters. The summed E-state index contributed by atoms with van der Waals surface area (Å²) in [6.07, 6.45) is -2.97. The molecule has 1 rings (SSSR count). The monoisotopic (exact) mass is 211 g/mol. The van der Waals surface area contributed by atoms with E-state index in [9.17, 15) is 15.0 Å². The Morgan fingerprint density at radius 3 is 2.67 bits per heavy atom. The third-order valence-electron chi connectivity index (χ3n) is 1.95. The van der Waals surface area contributed by atoms with Crippen molar-refractivity contribution in [3.8, 4) is 0 Å². The first-order chi connectivity index (χ1) is 7.06. The van der Waals surface area contributed by atoms with Crippen LogP contribution in [0.5, 0.6) is 0 Å². The van der Waals surface area contributed by atoms with Crippen LogP contribution in [-0.4, -0.2) is 34.4 Å². The maximum atomic E-state index is 11.0. The summed E-state index contributed by atoms with van der Waals surface area (Å²) in [5, 5.41) is 19.0. The predicted octanol–water partition coefficient (Wildman–Crippen LogP) is -0.0427. The lowest BCUT2D eigenvalue weighted by atomic mass is 10.1. The topological polar surface area (TPSA) is 79.7 Å². The van der Waals surface area contributed by atoms with Gasteiger partial charge in [-0.1, -0.05) is 6.07 Å². The Kier molecular flexibility index (Phi) is 3.76. The van der Waals surface area contributed by atoms with E-state index >= 15 is 0 Å². The van der Waals surface area contributed by atoms with Gasteiger partial charge in [-0.25, -0.2) is 4.79 Å². The van der Waals surface area contributed by atoms with Crippen molar-refractivity contribution in [2.24, 2.45) is 0 Å². The third-order valence-corrected chi connectivity index (χ3v) is 1.95. The van der Waals surface area contributed by atoms with Gasteiger partial charge in [-0.3, -0.25) is 4.98 Å². The molecule has 15 heavy (non-hydrogen) atoms. The number of methoxy groups -OCH3 is 1. The third kappa shape index (κ3) is 2.74. The summed E-state index contributed by atoms with van der Waals surface area (Å²) in [6.45, 7) is 1.75. The van der Waals surface area contributed by atoms with Gasteiger partial charge >= 0.3 is 5.97 Å². The molecule has 5 nitrogen and oxygen atoms in total. The summed E-state index contributed by atoms with van der Waals surface area (Å²) in [5.74, 6) is -0.884. The highest BCUT2D eigenvalue weighted by Gasteiger charge is 2.27. The summed E-state index contributed by atoms with van der Waals surface area (Å²) >= 11 is 0. The Morgan fingerprint density at radius 1 is 1.47 bits per heavy atom. The number of aromatic nitrogens is 1. The molecule has 0 aliphatic rings. The van der Waals surface area contributed by atoms with Crippen LogP contribution in [0.4, 0.5) is 0 Å². The summed E-state index contributed by atoms with van der Waals surface area (Å²) in [6, 6.07) is 4.97. The van der Waals surface area contributed by atoms with E-state index in [4.69, 9.17) is 0 Å². The lowest BCUT2D eigenvalue weighted by Gasteiger charge is -2.15. The number of carbonyl (C=O) groups excluding carboxylic acids is 1. The number of hydrogen-bond acceptors (Lipinski definition) is 5. The van der Waals surface area contributed by atoms with Crippen LogP contribution in [0.15, 0.2) is 18.2 Å². The average Bonchev–Trinajstić information content (AvgIpc) is 2.26. The van der Waals surface area contributed by atoms with Crippen LogP contribution in [-0.2, 0) is 9.53 Å². The molecule has 0 spiro atoms. The van der Waals surface area contributed by atoms with Crippen molar-refractivity contribution < 1.29 is 19.7 Å². The molecule has 0 aromatic carbocycles. The zero-order valence-corrected chi connectivity index (χ0v) is 8.54. The van der Waals surface area contributed by atoms with Crippen molar-refractivity contribution >= 4 is 5.97 Å². The van der Waals surface area contributed by atoms with Crippen LogP contribution < -0.4 is 0 Å². The van der Waals surface area contributed by atoms with Gasteiger partial charge in [0, 0.05) is 5.69 Å². The minimum Gasteiger partial charge on any atom is -0.467 e. The molecule has 0 saturated carbocycles. The molecule has 0 radical (unpaired) electrons. The number of esters is 1. The number of aryl methyl sites for hydroxylation is 1. The van der Waals surface area contributed by atoms with E-state index in [1.54, 1.807) is 19.1 Å². The molecule has 2 N–H and O–H groups in total. The summed E-state index contributed by atoms with van der Waals surface area (Å²) in [7, 11) is 1.14. The van der Waals surface area contributed by atoms with E-state index in [1.165, 1.54) is 6.07 Å². The van der Waals surface area contributed by atoms with Crippen molar-refractivity contribution in [1.29, 1.82) is 0 Å². The van der Waals surface area contributed by atoms with Crippen LogP contribution in [0.3, 0.4) is 0 Å². The van der Waals surface area contributed by atoms with E-state index < -0.39 is 18.2 Å². The van der Waals surface area contributed by atoms with Crippen LogP contribution >= 0.6 is 0 Å². The summed E-state index contributed by atoms with van der Waals surface area (Å²) in [5.41, 5.74) is 0.941. The minimum absolute atomic E-state index is 0.243. The molecule has 0 aliphatic heterocycles. The van der Waals surface area contributed by atoms with Crippen molar-refractivity contribution in [2.75, 3.05) is 7.11 Å². The Hall–Kier alpha value is -1.46. The smallest absolute Gasteiger partial charge is 0.337 e. The molecule has 1 heterocycles. The first kappa shape index (κ1) is 11.6. The largest absolute Gasteiger partial charge is 0.467 e. The van der Waals surface area contributed by atoms with Crippen LogP contribution in [0, 0.1) is 6.92 Å². The summed E-state index contributed by atoms with van der Waals surface area (Å²) in [4.78, 5) is 14.9. The van der Waals surface area contributed by atoms with Gasteiger partial charge in [0.15, 0.2) is 6.10 Å². The lowest BCUT2D eigenvalue weighted by Crippen LogP contribution is -2.29. The van der Waals surface area contributed by atoms with Crippen LogP contribution in [0.1, 0.15) is 17.5 Å². The van der Waals surface area contributed by atoms with Crippen molar-refractivity contribution in [3.63, 3.8) is 0 Å². The maximum absolute atomic E-state index is 11.0. The van der Waals surface area contributed by atoms with Crippen molar-refractivity contribution in [1.82, 2.24) is 4.98 Å². The van der Waals surface area contributed by atoms with Gasteiger partial charge in [0.2, 0.25) is 0 Å². The second-order valence-electron chi connectivity index (χ2n) is 3.12. The molecule has 0 aliphatic carbocycles. The van der Waals surface area contributed by atoms with Gasteiger partial charge in [-0.05, 0) is 19.1 Å². The van der Waals surface area contributed by atoms with E-state index in [-0.39, 0.29) is 5.69 Å². The number of ether oxygens (including phenoxy) is 1. The first-order valence-electron chi connectivity index (χ1n) is 4.43. The SMILES string of the molecule is COC(=O)C(O)C(O)c1cccc(C)n1. The molecule has 0 bridgehead atoms. The highest BCUT2D eigenvalue weighted by atomic mass is 16.5. The fourth-order valence-corrected chi connectivity index (χ4v) is 1.14. The lowest BCUT2D eigenvalue weighted by molar-refractivity contribution is -0.157. The molecule has 0 fully saturated rings. The van der Waals surface area contributed by atoms with Crippen molar-refractivity contribution in [2.45, 2.75) is 19.1 Å². The number of aliphatic hydroxyl groups excluding tert-OH is 2. The Bertz CT molecular complexity index is 353. The van der Waals surface area contributed by atoms with Crippen LogP contribution in [0.2, 0.25) is 0 Å². The summed E-state index contributed by atoms with van der Waals surface area (Å²) < 4.78 is 4.31. The molecule has 0 amide bonds. The number of nitrogens with zero attached hydrogens (tertiary/aromatic N) is 1. The highest BCUT2D eigenvalue weighted by Crippen LogP contribution is 2.15.